The van der Waals surface area contributed by atoms with Crippen LogP contribution in [0.4, 0.5) is 5.69 Å². The fourth-order valence-corrected chi connectivity index (χ4v) is 2.56. The first kappa shape index (κ1) is 18.1. The first-order valence-corrected chi connectivity index (χ1v) is 8.12. The number of nitrogens with one attached hydrogen (secondary N) is 1. The van der Waals surface area contributed by atoms with Crippen LogP contribution in [0.25, 0.3) is 0 Å². The average Bonchev–Trinajstić information content (AvgIpc) is 3.09. The molecule has 0 saturated carbocycles. The minimum atomic E-state index is -1.12. The Hall–Kier alpha value is -3.68. The molecule has 138 valence electrons. The number of rotatable bonds is 7. The van der Waals surface area contributed by atoms with Crippen molar-refractivity contribution in [3.63, 3.8) is 0 Å². The van der Waals surface area contributed by atoms with Crippen LogP contribution < -0.4 is 10.1 Å². The lowest BCUT2D eigenvalue weighted by molar-refractivity contribution is -0.115. The minimum Gasteiger partial charge on any atom is -0.496 e. The van der Waals surface area contributed by atoms with Crippen LogP contribution in [-0.2, 0) is 17.6 Å². The van der Waals surface area contributed by atoms with Crippen LogP contribution in [0.3, 0.4) is 0 Å². The largest absolute Gasteiger partial charge is 0.496 e. The molecule has 2 aromatic carbocycles. The Balaban J connectivity index is 1.66. The molecule has 0 aliphatic rings. The van der Waals surface area contributed by atoms with Gasteiger partial charge in [0.1, 0.15) is 5.75 Å². The number of amides is 1. The second-order valence-electron chi connectivity index (χ2n) is 5.67. The maximum atomic E-state index is 12.2. The van der Waals surface area contributed by atoms with Gasteiger partial charge < -0.3 is 19.7 Å². The van der Waals surface area contributed by atoms with Crippen LogP contribution in [0.1, 0.15) is 27.6 Å². The third-order valence-corrected chi connectivity index (χ3v) is 3.79. The Kier molecular flexibility index (Phi) is 5.46. The zero-order valence-electron chi connectivity index (χ0n) is 14.5. The molecule has 1 amide bonds. The second-order valence-corrected chi connectivity index (χ2v) is 5.67. The predicted molar refractivity (Wildman–Crippen MR) is 95.8 cm³/mol. The van der Waals surface area contributed by atoms with E-state index in [4.69, 9.17) is 14.4 Å². The highest BCUT2D eigenvalue weighted by molar-refractivity contribution is 6.00. The van der Waals surface area contributed by atoms with E-state index in [-0.39, 0.29) is 23.5 Å². The third kappa shape index (κ3) is 4.49. The van der Waals surface area contributed by atoms with E-state index in [9.17, 15) is 9.59 Å². The number of nitrogens with zero attached hydrogens (tertiary/aromatic N) is 2. The molecule has 2 N–H and O–H groups in total. The molecular formula is C19H17N3O5. The molecule has 0 radical (unpaired) electrons. The number of aromatic nitrogens is 2. The van der Waals surface area contributed by atoms with Gasteiger partial charge in [-0.25, -0.2) is 4.79 Å². The van der Waals surface area contributed by atoms with Crippen LogP contribution in [0.5, 0.6) is 5.75 Å². The highest BCUT2D eigenvalue weighted by atomic mass is 16.5. The number of carboxylic acids is 1. The standard InChI is InChI=1S/C19H17N3O5/c1-26-15-9-5-2-6-12(15)10-18-21-16(22-27-18)11-17(23)20-14-8-4-3-7-13(14)19(24)25/h2-9H,10-11H2,1H3,(H,20,23)(H,24,25). The topological polar surface area (TPSA) is 115 Å². The first-order chi connectivity index (χ1) is 13.1. The monoisotopic (exact) mass is 367 g/mol. The number of benzene rings is 2. The zero-order valence-corrected chi connectivity index (χ0v) is 14.5. The summed E-state index contributed by atoms with van der Waals surface area (Å²) in [6.07, 6.45) is 0.240. The van der Waals surface area contributed by atoms with E-state index in [2.05, 4.69) is 15.5 Å². The number of hydrogen-bond acceptors (Lipinski definition) is 6. The summed E-state index contributed by atoms with van der Waals surface area (Å²) < 4.78 is 10.5. The highest BCUT2D eigenvalue weighted by Gasteiger charge is 2.15. The van der Waals surface area contributed by atoms with Crippen LogP contribution in [0.2, 0.25) is 0 Å². The summed E-state index contributed by atoms with van der Waals surface area (Å²) in [6, 6.07) is 13.6. The fraction of sp³-hybridized carbons (Fsp3) is 0.158. The third-order valence-electron chi connectivity index (χ3n) is 3.79. The van der Waals surface area contributed by atoms with Gasteiger partial charge in [-0.1, -0.05) is 35.5 Å². The lowest BCUT2D eigenvalue weighted by Crippen LogP contribution is -2.17. The predicted octanol–water partition coefficient (Wildman–Crippen LogP) is 2.55. The molecule has 3 rings (SSSR count). The van der Waals surface area contributed by atoms with Crippen molar-refractivity contribution in [1.29, 1.82) is 0 Å². The molecular weight excluding hydrogens is 350 g/mol. The van der Waals surface area contributed by atoms with E-state index in [0.29, 0.717) is 18.1 Å². The van der Waals surface area contributed by atoms with Crippen molar-refractivity contribution in [2.45, 2.75) is 12.8 Å². The number of carbonyl (C=O) groups excluding carboxylic acids is 1. The summed E-state index contributed by atoms with van der Waals surface area (Å²) in [5.41, 5.74) is 1.11. The number of hydrogen-bond donors (Lipinski definition) is 2. The van der Waals surface area contributed by atoms with Crippen molar-refractivity contribution in [1.82, 2.24) is 10.1 Å². The molecule has 27 heavy (non-hydrogen) atoms. The van der Waals surface area contributed by atoms with E-state index in [1.165, 1.54) is 12.1 Å². The zero-order chi connectivity index (χ0) is 19.2. The van der Waals surface area contributed by atoms with Crippen molar-refractivity contribution in [2.24, 2.45) is 0 Å². The molecule has 0 aliphatic carbocycles. The average molecular weight is 367 g/mol. The number of ether oxygens (including phenoxy) is 1. The summed E-state index contributed by atoms with van der Waals surface area (Å²) in [4.78, 5) is 27.6. The van der Waals surface area contributed by atoms with Gasteiger partial charge in [0.25, 0.3) is 0 Å². The van der Waals surface area contributed by atoms with E-state index in [1.54, 1.807) is 19.2 Å². The van der Waals surface area contributed by atoms with Crippen molar-refractivity contribution in [3.8, 4) is 5.75 Å². The summed E-state index contributed by atoms with van der Waals surface area (Å²) in [5, 5.41) is 15.5. The van der Waals surface area contributed by atoms with Gasteiger partial charge in [-0.2, -0.15) is 4.98 Å². The number of anilines is 1. The van der Waals surface area contributed by atoms with E-state index < -0.39 is 11.9 Å². The van der Waals surface area contributed by atoms with Gasteiger partial charge in [0.2, 0.25) is 11.8 Å². The van der Waals surface area contributed by atoms with Crippen LogP contribution in [0.15, 0.2) is 53.1 Å². The second kappa shape index (κ2) is 8.13. The Morgan fingerprint density at radius 1 is 1.15 bits per heavy atom. The van der Waals surface area contributed by atoms with Gasteiger partial charge in [0.15, 0.2) is 5.82 Å². The molecule has 0 aliphatic heterocycles. The lowest BCUT2D eigenvalue weighted by atomic mass is 10.1. The fourth-order valence-electron chi connectivity index (χ4n) is 2.56. The van der Waals surface area contributed by atoms with Crippen molar-refractivity contribution >= 4 is 17.6 Å². The molecule has 0 fully saturated rings. The molecule has 0 atom stereocenters. The molecule has 3 aromatic rings. The SMILES string of the molecule is COc1ccccc1Cc1nc(CC(=O)Nc2ccccc2C(=O)O)no1. The molecule has 8 nitrogen and oxygen atoms in total. The number of para-hydroxylation sites is 2. The van der Waals surface area contributed by atoms with Crippen molar-refractivity contribution < 1.29 is 24.0 Å². The van der Waals surface area contributed by atoms with Gasteiger partial charge in [0.05, 0.1) is 31.2 Å². The summed E-state index contributed by atoms with van der Waals surface area (Å²) >= 11 is 0. The van der Waals surface area contributed by atoms with E-state index in [1.807, 2.05) is 24.3 Å². The minimum absolute atomic E-state index is 0.0100. The molecule has 0 unspecified atom stereocenters. The first-order valence-electron chi connectivity index (χ1n) is 8.12. The Labute approximate surface area is 154 Å². The van der Waals surface area contributed by atoms with Gasteiger partial charge in [-0.05, 0) is 18.2 Å². The number of aromatic carboxylic acids is 1. The van der Waals surface area contributed by atoms with Crippen molar-refractivity contribution in [2.75, 3.05) is 12.4 Å². The van der Waals surface area contributed by atoms with Crippen LogP contribution >= 0.6 is 0 Å². The number of carbonyl (C=O) groups is 2. The number of methoxy groups -OCH3 is 1. The molecule has 1 aromatic heterocycles. The lowest BCUT2D eigenvalue weighted by Gasteiger charge is -2.06. The highest BCUT2D eigenvalue weighted by Crippen LogP contribution is 2.20. The molecule has 8 heteroatoms. The quantitative estimate of drug-likeness (QED) is 0.659. The normalized spacial score (nSPS) is 10.4. The van der Waals surface area contributed by atoms with Crippen molar-refractivity contribution in [3.05, 3.63) is 71.4 Å². The maximum absolute atomic E-state index is 12.2. The number of carboxylic acid groups (broad SMARTS) is 1. The van der Waals surface area contributed by atoms with Crippen LogP contribution in [-0.4, -0.2) is 34.2 Å². The summed E-state index contributed by atoms with van der Waals surface area (Å²) in [7, 11) is 1.58. The van der Waals surface area contributed by atoms with Gasteiger partial charge in [-0.3, -0.25) is 4.79 Å². The summed E-state index contributed by atoms with van der Waals surface area (Å²) in [5.74, 6) is -0.281. The smallest absolute Gasteiger partial charge is 0.337 e. The Morgan fingerprint density at radius 2 is 1.89 bits per heavy atom. The van der Waals surface area contributed by atoms with E-state index >= 15 is 0 Å². The molecule has 1 heterocycles. The Bertz CT molecular complexity index is 967. The molecule has 0 bridgehead atoms. The van der Waals surface area contributed by atoms with Gasteiger partial charge >= 0.3 is 5.97 Å². The van der Waals surface area contributed by atoms with Gasteiger partial charge in [0, 0.05) is 5.56 Å². The summed E-state index contributed by atoms with van der Waals surface area (Å²) in [6.45, 7) is 0. The van der Waals surface area contributed by atoms with Gasteiger partial charge in [-0.15, -0.1) is 0 Å². The molecule has 0 saturated heterocycles. The Morgan fingerprint density at radius 3 is 2.67 bits per heavy atom. The maximum Gasteiger partial charge on any atom is 0.337 e. The van der Waals surface area contributed by atoms with Crippen LogP contribution in [0, 0.1) is 0 Å². The molecule has 0 spiro atoms. The van der Waals surface area contributed by atoms with E-state index in [0.717, 1.165) is 5.56 Å².